The summed E-state index contributed by atoms with van der Waals surface area (Å²) in [6, 6.07) is 13.8. The van der Waals surface area contributed by atoms with Crippen LogP contribution in [0.1, 0.15) is 68.8 Å². The number of benzene rings is 3. The van der Waals surface area contributed by atoms with Crippen molar-refractivity contribution in [3.05, 3.63) is 131 Å². The van der Waals surface area contributed by atoms with E-state index in [1.54, 1.807) is 0 Å². The molecule has 0 unspecified atom stereocenters. The lowest BCUT2D eigenvalue weighted by atomic mass is 10.2. The molecule has 0 saturated heterocycles. The van der Waals surface area contributed by atoms with Crippen LogP contribution in [-0.4, -0.2) is 47.4 Å². The summed E-state index contributed by atoms with van der Waals surface area (Å²) in [5.74, 6) is -2.95. The number of carbonyl (C=O) groups excluding carboxylic acids is 3. The number of nitro benzene ring substituents is 3. The van der Waals surface area contributed by atoms with Crippen LogP contribution >= 0.6 is 0 Å². The van der Waals surface area contributed by atoms with Gasteiger partial charge in [-0.2, -0.15) is 4.68 Å². The Morgan fingerprint density at radius 1 is 0.636 bits per heavy atom. The van der Waals surface area contributed by atoms with Crippen LogP contribution in [0.4, 0.5) is 17.1 Å². The highest BCUT2D eigenvalue weighted by Crippen LogP contribution is 2.24. The van der Waals surface area contributed by atoms with Gasteiger partial charge in [-0.3, -0.25) is 35.1 Å². The summed E-state index contributed by atoms with van der Waals surface area (Å²) in [5.41, 5.74) is -0.808. The van der Waals surface area contributed by atoms with Gasteiger partial charge in [0.2, 0.25) is 0 Å². The van der Waals surface area contributed by atoms with E-state index in [1.807, 2.05) is 0 Å². The minimum Gasteiger partial charge on any atom is -0.451 e. The number of nitrogens with zero attached hydrogens (tertiary/aromatic N) is 6. The summed E-state index contributed by atoms with van der Waals surface area (Å²) >= 11 is 0. The lowest BCUT2D eigenvalue weighted by Crippen LogP contribution is -2.21. The number of nitro groups is 3. The lowest BCUT2D eigenvalue weighted by Gasteiger charge is -2.13. The normalized spacial score (nSPS) is 12.0. The van der Waals surface area contributed by atoms with Gasteiger partial charge in [0.25, 0.3) is 23.0 Å². The number of hydrogen-bond acceptors (Lipinski definition) is 13. The van der Waals surface area contributed by atoms with Gasteiger partial charge in [-0.15, -0.1) is 5.10 Å². The topological polar surface area (TPSA) is 230 Å². The van der Waals surface area contributed by atoms with Crippen LogP contribution in [0.5, 0.6) is 0 Å². The number of rotatable bonds is 10. The van der Waals surface area contributed by atoms with Crippen LogP contribution < -0.4 is 0 Å². The summed E-state index contributed by atoms with van der Waals surface area (Å²) in [6.07, 6.45) is -2.40. The van der Waals surface area contributed by atoms with E-state index in [9.17, 15) is 44.7 Å². The van der Waals surface area contributed by atoms with Gasteiger partial charge in [0.05, 0.1) is 25.9 Å². The van der Waals surface area contributed by atoms with E-state index in [2.05, 4.69) is 10.1 Å². The number of hydrogen-bond donors (Lipinski definition) is 0. The lowest BCUT2D eigenvalue weighted by molar-refractivity contribution is -0.385. The fourth-order valence-electron chi connectivity index (χ4n) is 3.77. The van der Waals surface area contributed by atoms with Gasteiger partial charge in [-0.1, -0.05) is 0 Å². The summed E-state index contributed by atoms with van der Waals surface area (Å²) in [5, 5.41) is 37.0. The van der Waals surface area contributed by atoms with Crippen molar-refractivity contribution in [2.24, 2.45) is 0 Å². The van der Waals surface area contributed by atoms with E-state index in [0.717, 1.165) is 41.1 Å². The Morgan fingerprint density at radius 2 is 1.00 bits per heavy atom. The Kier molecular flexibility index (Phi) is 8.78. The number of ether oxygens (including phenoxy) is 2. The minimum absolute atomic E-state index is 0.00513. The van der Waals surface area contributed by atoms with Crippen LogP contribution in [-0.2, 0) is 9.47 Å². The molecule has 0 bridgehead atoms. The fourth-order valence-corrected chi connectivity index (χ4v) is 3.77. The van der Waals surface area contributed by atoms with Gasteiger partial charge in [-0.05, 0) is 50.2 Å². The van der Waals surface area contributed by atoms with Crippen LogP contribution in [0.15, 0.2) is 72.8 Å². The average molecular weight is 604 g/mol. The van der Waals surface area contributed by atoms with Crippen LogP contribution in [0.2, 0.25) is 0 Å². The summed E-state index contributed by atoms with van der Waals surface area (Å²) in [6.45, 7) is 2.78. The number of esters is 2. The zero-order valence-corrected chi connectivity index (χ0v) is 22.8. The van der Waals surface area contributed by atoms with Crippen molar-refractivity contribution >= 4 is 34.9 Å². The molecule has 2 atom stereocenters. The van der Waals surface area contributed by atoms with Crippen LogP contribution in [0.25, 0.3) is 0 Å². The number of aromatic nitrogens is 3. The van der Waals surface area contributed by atoms with E-state index in [-0.39, 0.29) is 45.4 Å². The average Bonchev–Trinajstić information content (AvgIpc) is 3.47. The van der Waals surface area contributed by atoms with Gasteiger partial charge >= 0.3 is 11.9 Å². The second-order valence-corrected chi connectivity index (χ2v) is 9.05. The Bertz CT molecular complexity index is 1770. The predicted molar refractivity (Wildman–Crippen MR) is 147 cm³/mol. The molecule has 17 heteroatoms. The fraction of sp³-hybridized carbons (Fsp3) is 0.148. The quantitative estimate of drug-likeness (QED) is 0.138. The minimum atomic E-state index is -1.24. The Morgan fingerprint density at radius 3 is 1.39 bits per heavy atom. The molecule has 3 aromatic carbocycles. The SMILES string of the molecule is C[C@H](OC(=O)c1ccc([N+](=O)[O-])cc1)c1nc([C@H](C)OC(=O)c2ccc([N+](=O)[O-])cc2)n(C(=O)c2ccc([N+](=O)[O-])cc2)n1. The smallest absolute Gasteiger partial charge is 0.338 e. The monoisotopic (exact) mass is 604 g/mol. The van der Waals surface area contributed by atoms with E-state index < -0.39 is 44.8 Å². The standard InChI is InChI=1S/C27H20N6O11/c1-15(43-26(35)18-5-11-21(12-6-18)32(39)40)23-28-24(16(2)44-27(36)19-7-13-22(14-8-19)33(41)42)30(29-23)25(34)17-3-9-20(10-4-17)31(37)38/h3-16H,1-2H3/t15-,16-/m0/s1. The molecular weight excluding hydrogens is 584 g/mol. The molecule has 0 radical (unpaired) electrons. The molecule has 0 aliphatic heterocycles. The first-order chi connectivity index (χ1) is 20.8. The third-order valence-electron chi connectivity index (χ3n) is 6.09. The first kappa shape index (κ1) is 30.6. The van der Waals surface area contributed by atoms with Crippen LogP contribution in [0, 0.1) is 30.3 Å². The molecule has 0 fully saturated rings. The van der Waals surface area contributed by atoms with Crippen molar-refractivity contribution in [2.45, 2.75) is 26.1 Å². The van der Waals surface area contributed by atoms with E-state index in [0.29, 0.717) is 0 Å². The van der Waals surface area contributed by atoms with Gasteiger partial charge < -0.3 is 9.47 Å². The van der Waals surface area contributed by atoms with E-state index in [1.165, 1.54) is 50.2 Å². The van der Waals surface area contributed by atoms with Crippen molar-refractivity contribution in [2.75, 3.05) is 0 Å². The Labute approximate surface area is 246 Å². The first-order valence-corrected chi connectivity index (χ1v) is 12.5. The molecular formula is C27H20N6O11. The molecule has 4 aromatic rings. The molecule has 1 heterocycles. The molecule has 17 nitrogen and oxygen atoms in total. The van der Waals surface area contributed by atoms with Crippen molar-refractivity contribution in [1.82, 2.24) is 14.8 Å². The number of non-ortho nitro benzene ring substituents is 3. The second-order valence-electron chi connectivity index (χ2n) is 9.05. The van der Waals surface area contributed by atoms with Crippen molar-refractivity contribution in [3.63, 3.8) is 0 Å². The highest BCUT2D eigenvalue weighted by atomic mass is 16.6. The maximum atomic E-state index is 13.4. The third kappa shape index (κ3) is 6.73. The van der Waals surface area contributed by atoms with Gasteiger partial charge in [-0.25, -0.2) is 14.6 Å². The Balaban J connectivity index is 1.62. The molecule has 224 valence electrons. The van der Waals surface area contributed by atoms with Crippen molar-refractivity contribution in [3.8, 4) is 0 Å². The zero-order valence-electron chi connectivity index (χ0n) is 22.8. The van der Waals surface area contributed by atoms with Crippen molar-refractivity contribution in [1.29, 1.82) is 0 Å². The molecule has 0 aliphatic carbocycles. The van der Waals surface area contributed by atoms with Gasteiger partial charge in [0, 0.05) is 42.0 Å². The Hall–Kier alpha value is -6.39. The molecule has 0 N–H and O–H groups in total. The molecule has 1 aromatic heterocycles. The molecule has 0 aliphatic rings. The summed E-state index contributed by atoms with van der Waals surface area (Å²) in [4.78, 5) is 74.0. The van der Waals surface area contributed by atoms with E-state index in [4.69, 9.17) is 9.47 Å². The first-order valence-electron chi connectivity index (χ1n) is 12.5. The largest absolute Gasteiger partial charge is 0.451 e. The maximum Gasteiger partial charge on any atom is 0.338 e. The maximum absolute atomic E-state index is 13.4. The molecule has 0 spiro atoms. The molecule has 0 amide bonds. The van der Waals surface area contributed by atoms with E-state index >= 15 is 0 Å². The van der Waals surface area contributed by atoms with Crippen LogP contribution in [0.3, 0.4) is 0 Å². The molecule has 4 rings (SSSR count). The molecule has 44 heavy (non-hydrogen) atoms. The number of carbonyl (C=O) groups is 3. The summed E-state index contributed by atoms with van der Waals surface area (Å²) in [7, 11) is 0. The van der Waals surface area contributed by atoms with Gasteiger partial charge in [0.1, 0.15) is 0 Å². The second kappa shape index (κ2) is 12.6. The highest BCUT2D eigenvalue weighted by molar-refractivity contribution is 5.96. The predicted octanol–water partition coefficient (Wildman–Crippen LogP) is 4.53. The summed E-state index contributed by atoms with van der Waals surface area (Å²) < 4.78 is 11.6. The molecule has 0 saturated carbocycles. The third-order valence-corrected chi connectivity index (χ3v) is 6.09. The van der Waals surface area contributed by atoms with Crippen molar-refractivity contribution < 1.29 is 38.6 Å². The highest BCUT2D eigenvalue weighted by Gasteiger charge is 2.28. The van der Waals surface area contributed by atoms with Gasteiger partial charge in [0.15, 0.2) is 23.9 Å². The zero-order chi connectivity index (χ0) is 32.1.